The number of carbonyl (C=O) groups is 3. The van der Waals surface area contributed by atoms with Crippen LogP contribution >= 0.6 is 15.9 Å². The van der Waals surface area contributed by atoms with Crippen molar-refractivity contribution in [3.05, 3.63) is 96.1 Å². The molecule has 0 saturated heterocycles. The summed E-state index contributed by atoms with van der Waals surface area (Å²) >= 11 is 3.56. The number of amides is 3. The fourth-order valence-corrected chi connectivity index (χ4v) is 5.53. The van der Waals surface area contributed by atoms with Crippen LogP contribution in [0.5, 0.6) is 0 Å². The van der Waals surface area contributed by atoms with E-state index in [0.717, 1.165) is 12.7 Å². The first-order valence-corrected chi connectivity index (χ1v) is 13.3. The molecule has 4 rings (SSSR count). The highest BCUT2D eigenvalue weighted by Crippen LogP contribution is 2.42. The average Bonchev–Trinajstić information content (AvgIpc) is 2.94. The molecule has 3 amide bonds. The Labute approximate surface area is 235 Å². The quantitative estimate of drug-likeness (QED) is 0.163. The molecule has 1 atom stereocenters. The van der Waals surface area contributed by atoms with Gasteiger partial charge in [-0.1, -0.05) is 87.7 Å². The Morgan fingerprint density at radius 3 is 2.03 bits per heavy atom. The number of hydrogen-bond acceptors (Lipinski definition) is 6. The second kappa shape index (κ2) is 11.0. The molecule has 0 N–H and O–H groups in total. The number of pyridine rings is 1. The number of para-hydroxylation sites is 2. The number of ether oxygens (including phenoxy) is 1. The lowest BCUT2D eigenvalue weighted by Crippen LogP contribution is -2.77. The lowest BCUT2D eigenvalue weighted by molar-refractivity contribution is -0.275. The summed E-state index contributed by atoms with van der Waals surface area (Å²) in [5.41, 5.74) is 1.70. The number of hydrogen-bond donors (Lipinski definition) is 0. The maximum atomic E-state index is 15.2. The monoisotopic (exact) mass is 589 g/mol. The lowest BCUT2D eigenvalue weighted by atomic mass is 9.93. The predicted molar refractivity (Wildman–Crippen MR) is 152 cm³/mol. The molecule has 0 spiro atoms. The third-order valence-electron chi connectivity index (χ3n) is 6.60. The highest BCUT2D eigenvalue weighted by Gasteiger charge is 2.59. The molecule has 0 radical (unpaired) electrons. The molecule has 200 valence electrons. The van der Waals surface area contributed by atoms with Gasteiger partial charge in [0.05, 0.1) is 23.9 Å². The molecule has 1 unspecified atom stereocenters. The highest BCUT2D eigenvalue weighted by atomic mass is 79.9. The largest absolute Gasteiger partial charge is 0.526 e. The zero-order valence-electron chi connectivity index (χ0n) is 22.1. The van der Waals surface area contributed by atoms with E-state index < -0.39 is 28.2 Å². The van der Waals surface area contributed by atoms with Gasteiger partial charge in [0, 0.05) is 34.0 Å². The van der Waals surface area contributed by atoms with Gasteiger partial charge in [0.1, 0.15) is 5.54 Å². The summed E-state index contributed by atoms with van der Waals surface area (Å²) in [4.78, 5) is 46.0. The first kappa shape index (κ1) is 27.9. The number of benzene rings is 3. The van der Waals surface area contributed by atoms with Gasteiger partial charge in [-0.05, 0) is 26.8 Å². The average molecular weight is 590 g/mol. The Bertz CT molecular complexity index is 1540. The zero-order valence-corrected chi connectivity index (χ0v) is 23.6. The van der Waals surface area contributed by atoms with E-state index in [4.69, 9.17) is 9.72 Å². The van der Waals surface area contributed by atoms with Gasteiger partial charge >= 0.3 is 12.0 Å². The number of carboxylic acid groups (broad SMARTS) is 1. The second-order valence-electron chi connectivity index (χ2n) is 9.83. The number of alkyl halides is 1. The van der Waals surface area contributed by atoms with E-state index in [0.29, 0.717) is 27.2 Å². The Morgan fingerprint density at radius 1 is 0.923 bits per heavy atom. The van der Waals surface area contributed by atoms with E-state index in [2.05, 4.69) is 15.9 Å². The van der Waals surface area contributed by atoms with E-state index >= 15 is 4.79 Å². The van der Waals surface area contributed by atoms with Gasteiger partial charge in [-0.15, -0.1) is 4.59 Å². The molecule has 0 bridgehead atoms. The van der Waals surface area contributed by atoms with Gasteiger partial charge in [-0.2, -0.15) is 0 Å². The van der Waals surface area contributed by atoms with Crippen LogP contribution in [0.25, 0.3) is 22.2 Å². The number of carbonyl (C=O) groups excluding carboxylic acids is 3. The minimum absolute atomic E-state index is 0.227. The third-order valence-corrected chi connectivity index (χ3v) is 7.16. The molecule has 1 aromatic heterocycles. The molecule has 4 aromatic rings. The third kappa shape index (κ3) is 4.68. The molecular weight excluding hydrogens is 562 g/mol. The summed E-state index contributed by atoms with van der Waals surface area (Å²) in [6.07, 6.45) is -3.12. The van der Waals surface area contributed by atoms with Crippen LogP contribution in [0.1, 0.15) is 36.7 Å². The minimum Gasteiger partial charge on any atom is -0.526 e. The normalized spacial score (nSPS) is 12.9. The van der Waals surface area contributed by atoms with E-state index in [1.54, 1.807) is 69.3 Å². The SMILES string of the molecule is COC(=O)N(C(=O)[O-])[N+](C(=O)c1c(CBr)c(-c2ccccc2)nc2ccccc12)(c1ccccc1)C(C)(C)C. The summed E-state index contributed by atoms with van der Waals surface area (Å²) in [6, 6.07) is 24.9. The van der Waals surface area contributed by atoms with E-state index in [1.807, 2.05) is 36.4 Å². The molecule has 0 aliphatic carbocycles. The van der Waals surface area contributed by atoms with Gasteiger partial charge in [0.25, 0.3) is 0 Å². The first-order valence-electron chi connectivity index (χ1n) is 12.2. The molecule has 1 heterocycles. The van der Waals surface area contributed by atoms with Gasteiger partial charge in [0.15, 0.2) is 5.69 Å². The van der Waals surface area contributed by atoms with Crippen LogP contribution in [-0.4, -0.2) is 40.7 Å². The Hall–Kier alpha value is -4.08. The molecule has 0 fully saturated rings. The summed E-state index contributed by atoms with van der Waals surface area (Å²) in [5, 5.41) is 13.8. The Morgan fingerprint density at radius 2 is 1.49 bits per heavy atom. The van der Waals surface area contributed by atoms with Gasteiger partial charge in [-0.3, -0.25) is 0 Å². The molecule has 39 heavy (non-hydrogen) atoms. The summed E-state index contributed by atoms with van der Waals surface area (Å²) in [6.45, 7) is 5.06. The van der Waals surface area contributed by atoms with Crippen molar-refractivity contribution >= 4 is 50.6 Å². The van der Waals surface area contributed by atoms with Crippen LogP contribution in [0.4, 0.5) is 15.3 Å². The first-order chi connectivity index (χ1) is 18.6. The van der Waals surface area contributed by atoms with Crippen molar-refractivity contribution in [1.82, 2.24) is 14.6 Å². The van der Waals surface area contributed by atoms with Crippen LogP contribution in [0.3, 0.4) is 0 Å². The molecule has 0 aliphatic heterocycles. The number of imide groups is 1. The maximum absolute atomic E-state index is 15.2. The van der Waals surface area contributed by atoms with Gasteiger partial charge in [-0.25, -0.2) is 14.6 Å². The van der Waals surface area contributed by atoms with Gasteiger partial charge < -0.3 is 14.6 Å². The Kier molecular flexibility index (Phi) is 7.85. The minimum atomic E-state index is -1.88. The van der Waals surface area contributed by atoms with Gasteiger partial charge in [0.2, 0.25) is 6.09 Å². The van der Waals surface area contributed by atoms with Crippen molar-refractivity contribution < 1.29 is 24.2 Å². The lowest BCUT2D eigenvalue weighted by Gasteiger charge is -2.49. The Balaban J connectivity index is 2.22. The number of halogens is 1. The standard InChI is InChI=1S/C30H28BrN3O5/c1-30(2,3)34(21-15-9-6-10-16-21,33(28(36)37)29(38)39-4)27(35)25-22-17-11-12-18-24(22)32-26(23(25)19-31)20-13-7-5-8-14-20/h5-18H,19H2,1-4H3. The summed E-state index contributed by atoms with van der Waals surface area (Å²) in [5.74, 6) is -0.659. The maximum Gasteiger partial charge on any atom is 0.461 e. The van der Waals surface area contributed by atoms with Crippen molar-refractivity contribution in [3.8, 4) is 11.3 Å². The van der Waals surface area contributed by atoms with E-state index in [1.165, 1.54) is 0 Å². The topological polar surface area (TPSA) is 99.6 Å². The number of aromatic nitrogens is 1. The summed E-state index contributed by atoms with van der Waals surface area (Å²) in [7, 11) is 1.06. The molecule has 3 aromatic carbocycles. The number of nitrogens with zero attached hydrogens (tertiary/aromatic N) is 3. The molecule has 0 saturated carbocycles. The zero-order chi connectivity index (χ0) is 28.4. The van der Waals surface area contributed by atoms with Crippen LogP contribution in [0, 0.1) is 0 Å². The van der Waals surface area contributed by atoms with Crippen molar-refractivity contribution in [2.45, 2.75) is 31.6 Å². The van der Waals surface area contributed by atoms with Crippen LogP contribution in [0.2, 0.25) is 0 Å². The molecule has 9 heteroatoms. The van der Waals surface area contributed by atoms with Crippen molar-refractivity contribution in [3.63, 3.8) is 0 Å². The fourth-order valence-electron chi connectivity index (χ4n) is 4.99. The number of fused-ring (bicyclic) bond motifs is 1. The van der Waals surface area contributed by atoms with Crippen molar-refractivity contribution in [2.75, 3.05) is 7.11 Å². The molecular formula is C30H28BrN3O5. The predicted octanol–water partition coefficient (Wildman–Crippen LogP) is 6.07. The van der Waals surface area contributed by atoms with E-state index in [-0.39, 0.29) is 16.6 Å². The molecule has 0 aliphatic rings. The number of methoxy groups -OCH3 is 1. The molecule has 8 nitrogen and oxygen atoms in total. The van der Waals surface area contributed by atoms with Crippen LogP contribution < -0.4 is 9.70 Å². The van der Waals surface area contributed by atoms with E-state index in [9.17, 15) is 14.7 Å². The highest BCUT2D eigenvalue weighted by molar-refractivity contribution is 9.08. The van der Waals surface area contributed by atoms with Crippen LogP contribution in [-0.2, 0) is 10.1 Å². The number of rotatable bonds is 4. The fraction of sp³-hybridized carbons (Fsp3) is 0.200. The van der Waals surface area contributed by atoms with Crippen molar-refractivity contribution in [1.29, 1.82) is 0 Å². The summed E-state index contributed by atoms with van der Waals surface area (Å²) < 4.78 is 3.83. The van der Waals surface area contributed by atoms with Crippen LogP contribution in [0.15, 0.2) is 84.9 Å². The number of quaternary nitrogens is 1. The smallest absolute Gasteiger partial charge is 0.461 e. The van der Waals surface area contributed by atoms with Crippen molar-refractivity contribution in [2.24, 2.45) is 0 Å². The second-order valence-corrected chi connectivity index (χ2v) is 10.4.